The molecule has 1 saturated carbocycles. The number of benzene rings is 3. The molecule has 0 atom stereocenters. The fourth-order valence-electron chi connectivity index (χ4n) is 5.80. The van der Waals surface area contributed by atoms with E-state index in [1.165, 1.54) is 29.8 Å². The Morgan fingerprint density at radius 3 is 2.27 bits per heavy atom. The second-order valence-corrected chi connectivity index (χ2v) is 13.8. The zero-order valence-electron chi connectivity index (χ0n) is 25.6. The molecule has 1 aliphatic heterocycles. The summed E-state index contributed by atoms with van der Waals surface area (Å²) in [5.74, 6) is 0.0971. The topological polar surface area (TPSA) is 111 Å². The molecule has 3 N–H and O–H groups in total. The highest BCUT2D eigenvalue weighted by molar-refractivity contribution is 7.92. The molecule has 3 aromatic rings. The molecule has 10 heteroatoms. The Kier molecular flexibility index (Phi) is 9.71. The summed E-state index contributed by atoms with van der Waals surface area (Å²) in [7, 11) is 0.321. The quantitative estimate of drug-likeness (QED) is 0.254. The van der Waals surface area contributed by atoms with Gasteiger partial charge in [-0.15, -0.1) is 0 Å². The van der Waals surface area contributed by atoms with Crippen molar-refractivity contribution in [1.82, 2.24) is 10.2 Å². The van der Waals surface area contributed by atoms with E-state index in [0.29, 0.717) is 65.0 Å². The van der Waals surface area contributed by atoms with Crippen LogP contribution in [0.4, 0.5) is 17.1 Å². The van der Waals surface area contributed by atoms with Gasteiger partial charge in [0.25, 0.3) is 11.8 Å². The lowest BCUT2D eigenvalue weighted by molar-refractivity contribution is -0.110. The molecule has 2 aliphatic rings. The Hall–Kier alpha value is -4.15. The van der Waals surface area contributed by atoms with Crippen LogP contribution in [0.2, 0.25) is 0 Å². The molecule has 0 radical (unpaired) electrons. The summed E-state index contributed by atoms with van der Waals surface area (Å²) in [6, 6.07) is 22.0. The number of amides is 2. The van der Waals surface area contributed by atoms with Gasteiger partial charge in [-0.1, -0.05) is 49.6 Å². The molecule has 3 aromatic carbocycles. The van der Waals surface area contributed by atoms with Crippen LogP contribution in [0.15, 0.2) is 72.8 Å². The van der Waals surface area contributed by atoms with Crippen molar-refractivity contribution in [2.45, 2.75) is 32.1 Å². The van der Waals surface area contributed by atoms with Crippen molar-refractivity contribution in [3.05, 3.63) is 89.5 Å². The lowest BCUT2D eigenvalue weighted by atomic mass is 9.89. The molecule has 9 nitrogen and oxygen atoms in total. The van der Waals surface area contributed by atoms with E-state index in [1.54, 1.807) is 42.5 Å². The number of nitrogens with zero attached hydrogens (tertiary/aromatic N) is 2. The average molecular weight is 616 g/mol. The molecular formula is C34H41N5O4S. The zero-order chi connectivity index (χ0) is 31.3. The highest BCUT2D eigenvalue weighted by Gasteiger charge is 2.30. The number of fused-ring (bicyclic) bond motifs is 1. The van der Waals surface area contributed by atoms with E-state index < -0.39 is 10.0 Å². The van der Waals surface area contributed by atoms with Crippen molar-refractivity contribution in [1.29, 1.82) is 0 Å². The molecule has 44 heavy (non-hydrogen) atoms. The summed E-state index contributed by atoms with van der Waals surface area (Å²) >= 11 is 0. The van der Waals surface area contributed by atoms with Crippen molar-refractivity contribution in [3.8, 4) is 0 Å². The summed E-state index contributed by atoms with van der Waals surface area (Å²) in [4.78, 5) is 28.5. The molecule has 0 unspecified atom stereocenters. The Morgan fingerprint density at radius 2 is 1.61 bits per heavy atom. The van der Waals surface area contributed by atoms with E-state index in [2.05, 4.69) is 16.0 Å². The SMILES string of the molecule is CN(C)CCN(c1ccc(N/C(=C2\C(=O)Nc3ccc(C(=O)NCC4CCCCC4)cc32)c2ccccc2)cc1)S(C)(=O)=O. The van der Waals surface area contributed by atoms with E-state index >= 15 is 0 Å². The predicted molar refractivity (Wildman–Crippen MR) is 178 cm³/mol. The number of carbonyl (C=O) groups excluding carboxylic acids is 2. The first-order valence-electron chi connectivity index (χ1n) is 15.1. The van der Waals surface area contributed by atoms with E-state index in [1.807, 2.05) is 49.3 Å². The van der Waals surface area contributed by atoms with Crippen molar-refractivity contribution in [2.75, 3.05) is 54.9 Å². The van der Waals surface area contributed by atoms with Crippen LogP contribution in [0.5, 0.6) is 0 Å². The van der Waals surface area contributed by atoms with Gasteiger partial charge in [-0.05, 0) is 80.9 Å². The normalized spacial score (nSPS) is 16.3. The molecule has 1 fully saturated rings. The minimum absolute atomic E-state index is 0.147. The molecule has 0 aromatic heterocycles. The van der Waals surface area contributed by atoms with Crippen LogP contribution in [0, 0.1) is 5.92 Å². The first-order chi connectivity index (χ1) is 21.1. The number of rotatable bonds is 11. The first-order valence-corrected chi connectivity index (χ1v) is 17.0. The van der Waals surface area contributed by atoms with E-state index in [0.717, 1.165) is 18.4 Å². The minimum Gasteiger partial charge on any atom is -0.354 e. The Balaban J connectivity index is 1.46. The van der Waals surface area contributed by atoms with Gasteiger partial charge in [-0.25, -0.2) is 8.42 Å². The third-order valence-electron chi connectivity index (χ3n) is 8.19. The largest absolute Gasteiger partial charge is 0.354 e. The summed E-state index contributed by atoms with van der Waals surface area (Å²) < 4.78 is 26.4. The minimum atomic E-state index is -3.48. The van der Waals surface area contributed by atoms with E-state index in [-0.39, 0.29) is 11.8 Å². The summed E-state index contributed by atoms with van der Waals surface area (Å²) in [6.45, 7) is 1.56. The molecule has 1 aliphatic carbocycles. The fourth-order valence-corrected chi connectivity index (χ4v) is 6.72. The van der Waals surface area contributed by atoms with E-state index in [9.17, 15) is 18.0 Å². The number of sulfonamides is 1. The van der Waals surface area contributed by atoms with Gasteiger partial charge in [0.15, 0.2) is 0 Å². The van der Waals surface area contributed by atoms with Gasteiger partial charge in [-0.3, -0.25) is 13.9 Å². The first kappa shape index (κ1) is 31.3. The molecular weight excluding hydrogens is 574 g/mol. The lowest BCUT2D eigenvalue weighted by Gasteiger charge is -2.24. The van der Waals surface area contributed by atoms with Crippen molar-refractivity contribution in [2.24, 2.45) is 5.92 Å². The van der Waals surface area contributed by atoms with Crippen LogP contribution in [0.1, 0.15) is 53.6 Å². The highest BCUT2D eigenvalue weighted by atomic mass is 32.2. The third kappa shape index (κ3) is 7.49. The second-order valence-electron chi connectivity index (χ2n) is 11.9. The maximum Gasteiger partial charge on any atom is 0.258 e. The standard InChI is InChI=1S/C34H41N5O4S/c1-38(2)20-21-39(44(3,42)43)28-17-15-27(16-18-28)36-32(25-12-8-5-9-13-25)31-29-22-26(14-19-30(29)37-34(31)41)33(40)35-23-24-10-6-4-7-11-24/h5,8-9,12-19,22,24,36H,4,6-7,10-11,20-21,23H2,1-3H3,(H,35,40)(H,37,41)/b32-31-. The van der Waals surface area contributed by atoms with Gasteiger partial charge < -0.3 is 20.9 Å². The third-order valence-corrected chi connectivity index (χ3v) is 9.38. The number of nitrogens with one attached hydrogen (secondary N) is 3. The van der Waals surface area contributed by atoms with Gasteiger partial charge in [0.1, 0.15) is 0 Å². The maximum atomic E-state index is 13.4. The summed E-state index contributed by atoms with van der Waals surface area (Å²) in [6.07, 6.45) is 7.19. The van der Waals surface area contributed by atoms with Crippen LogP contribution >= 0.6 is 0 Å². The zero-order valence-corrected chi connectivity index (χ0v) is 26.4. The lowest BCUT2D eigenvalue weighted by Crippen LogP contribution is -2.35. The Bertz CT molecular complexity index is 1630. The number of hydrogen-bond donors (Lipinski definition) is 3. The molecule has 0 bridgehead atoms. The molecule has 0 saturated heterocycles. The second kappa shape index (κ2) is 13.7. The average Bonchev–Trinajstić information content (AvgIpc) is 3.34. The van der Waals surface area contributed by atoms with Crippen LogP contribution in [-0.4, -0.2) is 65.1 Å². The fraction of sp³-hybridized carbons (Fsp3) is 0.353. The number of hydrogen-bond acceptors (Lipinski definition) is 6. The Morgan fingerprint density at radius 1 is 0.909 bits per heavy atom. The predicted octanol–water partition coefficient (Wildman–Crippen LogP) is 5.26. The van der Waals surface area contributed by atoms with Crippen molar-refractivity contribution < 1.29 is 18.0 Å². The number of carbonyl (C=O) groups is 2. The van der Waals surface area contributed by atoms with Gasteiger partial charge in [-0.2, -0.15) is 0 Å². The van der Waals surface area contributed by atoms with Crippen molar-refractivity contribution in [3.63, 3.8) is 0 Å². The van der Waals surface area contributed by atoms with Crippen LogP contribution in [0.25, 0.3) is 11.3 Å². The van der Waals surface area contributed by atoms with Crippen molar-refractivity contribution >= 4 is 50.2 Å². The molecule has 2 amide bonds. The Labute approximate surface area is 260 Å². The van der Waals surface area contributed by atoms with Gasteiger partial charge in [0, 0.05) is 42.1 Å². The summed E-state index contributed by atoms with van der Waals surface area (Å²) in [5.41, 5.74) is 4.85. The van der Waals surface area contributed by atoms with E-state index in [4.69, 9.17) is 0 Å². The van der Waals surface area contributed by atoms with Gasteiger partial charge in [0.05, 0.1) is 23.2 Å². The van der Waals surface area contributed by atoms with Crippen LogP contribution < -0.4 is 20.3 Å². The maximum absolute atomic E-state index is 13.4. The van der Waals surface area contributed by atoms with Gasteiger partial charge >= 0.3 is 0 Å². The molecule has 232 valence electrons. The summed E-state index contributed by atoms with van der Waals surface area (Å²) in [5, 5.41) is 9.48. The highest BCUT2D eigenvalue weighted by Crippen LogP contribution is 2.38. The molecule has 1 heterocycles. The number of likely N-dealkylation sites (N-methyl/N-ethyl adjacent to an activating group) is 1. The van der Waals surface area contributed by atoms with Crippen LogP contribution in [0.3, 0.4) is 0 Å². The number of anilines is 3. The molecule has 5 rings (SSSR count). The smallest absolute Gasteiger partial charge is 0.258 e. The molecule has 0 spiro atoms. The monoisotopic (exact) mass is 615 g/mol. The van der Waals surface area contributed by atoms with Gasteiger partial charge in [0.2, 0.25) is 10.0 Å². The van der Waals surface area contributed by atoms with Crippen LogP contribution in [-0.2, 0) is 14.8 Å².